The van der Waals surface area contributed by atoms with Gasteiger partial charge in [-0.25, -0.2) is 0 Å². The van der Waals surface area contributed by atoms with Crippen LogP contribution < -0.4 is 0 Å². The lowest BCUT2D eigenvalue weighted by molar-refractivity contribution is 0.188. The molecule has 1 atom stereocenters. The van der Waals surface area contributed by atoms with Gasteiger partial charge in [0, 0.05) is 17.0 Å². The van der Waals surface area contributed by atoms with Crippen LogP contribution in [0.25, 0.3) is 0 Å². The Morgan fingerprint density at radius 2 is 2.55 bits per heavy atom. The Labute approximate surface area is 74.8 Å². The van der Waals surface area contributed by atoms with Crippen LogP contribution in [0.5, 0.6) is 0 Å². The van der Waals surface area contributed by atoms with E-state index in [2.05, 4.69) is 4.98 Å². The number of aryl methyl sites for hydroxylation is 1. The molecule has 1 heterocycles. The van der Waals surface area contributed by atoms with Crippen molar-refractivity contribution in [3.05, 3.63) is 16.6 Å². The lowest BCUT2D eigenvalue weighted by atomic mass is 10.2. The van der Waals surface area contributed by atoms with E-state index in [-0.39, 0.29) is 6.10 Å². The third-order valence-electron chi connectivity index (χ3n) is 1.39. The summed E-state index contributed by atoms with van der Waals surface area (Å²) in [6.07, 6.45) is 3.05. The predicted octanol–water partition coefficient (Wildman–Crippen LogP) is 1.68. The summed E-state index contributed by atoms with van der Waals surface area (Å²) >= 11 is 7.04. The highest BCUT2D eigenvalue weighted by atomic mass is 35.5. The average molecular weight is 192 g/mol. The van der Waals surface area contributed by atoms with Crippen LogP contribution in [0.2, 0.25) is 0 Å². The number of halogens is 1. The fraction of sp³-hybridized carbons (Fsp3) is 0.571. The van der Waals surface area contributed by atoms with Gasteiger partial charge in [0.15, 0.2) is 0 Å². The van der Waals surface area contributed by atoms with Crippen molar-refractivity contribution < 1.29 is 5.11 Å². The van der Waals surface area contributed by atoms with E-state index in [1.807, 2.05) is 6.20 Å². The van der Waals surface area contributed by atoms with Crippen LogP contribution in [0.1, 0.15) is 11.3 Å². The zero-order chi connectivity index (χ0) is 8.10. The zero-order valence-corrected chi connectivity index (χ0v) is 7.61. The van der Waals surface area contributed by atoms with Gasteiger partial charge in [-0.1, -0.05) is 0 Å². The Morgan fingerprint density at radius 1 is 1.73 bits per heavy atom. The molecule has 0 saturated heterocycles. The van der Waals surface area contributed by atoms with Gasteiger partial charge < -0.3 is 5.11 Å². The monoisotopic (exact) mass is 191 g/mol. The van der Waals surface area contributed by atoms with Crippen LogP contribution in [-0.2, 0) is 6.42 Å². The number of nitrogens with zero attached hydrogens (tertiary/aromatic N) is 1. The van der Waals surface area contributed by atoms with Gasteiger partial charge >= 0.3 is 0 Å². The maximum Gasteiger partial charge on any atom is 0.0794 e. The second-order valence-electron chi connectivity index (χ2n) is 2.31. The van der Waals surface area contributed by atoms with Crippen molar-refractivity contribution in [1.29, 1.82) is 0 Å². The van der Waals surface area contributed by atoms with Gasteiger partial charge in [-0.05, 0) is 12.8 Å². The summed E-state index contributed by atoms with van der Waals surface area (Å²) < 4.78 is 0. The molecule has 62 valence electrons. The summed E-state index contributed by atoms with van der Waals surface area (Å²) in [7, 11) is 0. The molecule has 0 aromatic carbocycles. The zero-order valence-electron chi connectivity index (χ0n) is 6.03. The maximum atomic E-state index is 9.11. The average Bonchev–Trinajstić information content (AvgIpc) is 2.52. The van der Waals surface area contributed by atoms with Crippen molar-refractivity contribution >= 4 is 22.9 Å². The van der Waals surface area contributed by atoms with E-state index in [4.69, 9.17) is 16.7 Å². The van der Waals surface area contributed by atoms with Crippen LogP contribution in [0.3, 0.4) is 0 Å². The number of aliphatic hydroxyl groups is 1. The first-order chi connectivity index (χ1) is 5.33. The number of rotatable bonds is 4. The van der Waals surface area contributed by atoms with Gasteiger partial charge in [0.2, 0.25) is 0 Å². The second-order valence-corrected chi connectivity index (χ2v) is 3.59. The van der Waals surface area contributed by atoms with Gasteiger partial charge in [-0.15, -0.1) is 22.9 Å². The molecule has 1 aromatic heterocycles. The molecule has 1 rings (SSSR count). The maximum absolute atomic E-state index is 9.11. The second kappa shape index (κ2) is 4.70. The first-order valence-electron chi connectivity index (χ1n) is 3.44. The molecule has 0 aliphatic carbocycles. The Morgan fingerprint density at radius 3 is 3.09 bits per heavy atom. The molecule has 0 aliphatic rings. The molecule has 2 nitrogen and oxygen atoms in total. The smallest absolute Gasteiger partial charge is 0.0794 e. The third-order valence-corrected chi connectivity index (χ3v) is 2.58. The van der Waals surface area contributed by atoms with E-state index in [0.717, 1.165) is 12.8 Å². The molecule has 0 fully saturated rings. The van der Waals surface area contributed by atoms with Crippen molar-refractivity contribution in [3.63, 3.8) is 0 Å². The summed E-state index contributed by atoms with van der Waals surface area (Å²) in [5.74, 6) is 0.318. The van der Waals surface area contributed by atoms with Crippen molar-refractivity contribution in [2.24, 2.45) is 0 Å². The molecule has 1 unspecified atom stereocenters. The largest absolute Gasteiger partial charge is 0.392 e. The number of alkyl halides is 1. The lowest BCUT2D eigenvalue weighted by Gasteiger charge is -2.03. The number of aromatic nitrogens is 1. The van der Waals surface area contributed by atoms with Gasteiger partial charge in [0.05, 0.1) is 11.6 Å². The van der Waals surface area contributed by atoms with Gasteiger partial charge in [0.25, 0.3) is 0 Å². The molecule has 1 aromatic rings. The minimum atomic E-state index is -0.376. The fourth-order valence-electron chi connectivity index (χ4n) is 0.752. The third kappa shape index (κ3) is 3.18. The van der Waals surface area contributed by atoms with E-state index in [1.165, 1.54) is 4.88 Å². The summed E-state index contributed by atoms with van der Waals surface area (Å²) in [6.45, 7) is 0. The molecule has 0 aliphatic heterocycles. The molecular formula is C7H10ClNOS. The van der Waals surface area contributed by atoms with Crippen LogP contribution in [0.4, 0.5) is 0 Å². The molecule has 0 bridgehead atoms. The van der Waals surface area contributed by atoms with Crippen molar-refractivity contribution in [2.75, 3.05) is 5.88 Å². The number of hydrogen-bond acceptors (Lipinski definition) is 3. The lowest BCUT2D eigenvalue weighted by Crippen LogP contribution is -2.08. The van der Waals surface area contributed by atoms with Gasteiger partial charge in [-0.3, -0.25) is 4.98 Å². The van der Waals surface area contributed by atoms with Crippen LogP contribution in [-0.4, -0.2) is 22.1 Å². The normalized spacial score (nSPS) is 13.3. The topological polar surface area (TPSA) is 33.1 Å². The molecule has 0 saturated carbocycles. The number of aliphatic hydroxyl groups excluding tert-OH is 1. The van der Waals surface area contributed by atoms with E-state index in [9.17, 15) is 0 Å². The van der Waals surface area contributed by atoms with Crippen molar-refractivity contribution in [2.45, 2.75) is 18.9 Å². The molecule has 0 amide bonds. The number of thiazole rings is 1. The highest BCUT2D eigenvalue weighted by Crippen LogP contribution is 2.10. The first kappa shape index (κ1) is 8.97. The standard InChI is InChI=1S/C7H10ClNOS/c8-3-6(10)1-2-7-4-9-5-11-7/h4-6,10H,1-3H2. The summed E-state index contributed by atoms with van der Waals surface area (Å²) in [5, 5.41) is 9.11. The fourth-order valence-corrected chi connectivity index (χ4v) is 1.52. The van der Waals surface area contributed by atoms with Gasteiger partial charge in [-0.2, -0.15) is 0 Å². The molecule has 0 radical (unpaired) electrons. The predicted molar refractivity (Wildman–Crippen MR) is 47.2 cm³/mol. The first-order valence-corrected chi connectivity index (χ1v) is 4.85. The van der Waals surface area contributed by atoms with Crippen LogP contribution >= 0.6 is 22.9 Å². The molecule has 11 heavy (non-hydrogen) atoms. The highest BCUT2D eigenvalue weighted by Gasteiger charge is 2.02. The SMILES string of the molecule is OC(CCl)CCc1cncs1. The quantitative estimate of drug-likeness (QED) is 0.735. The molecule has 1 N–H and O–H groups in total. The number of hydrogen-bond donors (Lipinski definition) is 1. The van der Waals surface area contributed by atoms with E-state index >= 15 is 0 Å². The van der Waals surface area contributed by atoms with E-state index in [0.29, 0.717) is 5.88 Å². The Kier molecular flexibility index (Phi) is 3.83. The molecule has 0 spiro atoms. The minimum absolute atomic E-state index is 0.318. The summed E-state index contributed by atoms with van der Waals surface area (Å²) in [6, 6.07) is 0. The van der Waals surface area contributed by atoms with E-state index < -0.39 is 0 Å². The Hall–Kier alpha value is -0.120. The summed E-state index contributed by atoms with van der Waals surface area (Å²) in [4.78, 5) is 5.13. The minimum Gasteiger partial charge on any atom is -0.392 e. The Bertz CT molecular complexity index is 190. The van der Waals surface area contributed by atoms with E-state index in [1.54, 1.807) is 16.8 Å². The molecule has 4 heteroatoms. The van der Waals surface area contributed by atoms with Crippen molar-refractivity contribution in [1.82, 2.24) is 4.98 Å². The van der Waals surface area contributed by atoms with Gasteiger partial charge in [0.1, 0.15) is 0 Å². The van der Waals surface area contributed by atoms with Crippen LogP contribution in [0.15, 0.2) is 11.7 Å². The molecular weight excluding hydrogens is 182 g/mol. The summed E-state index contributed by atoms with van der Waals surface area (Å²) in [5.41, 5.74) is 1.79. The van der Waals surface area contributed by atoms with Crippen molar-refractivity contribution in [3.8, 4) is 0 Å². The highest BCUT2D eigenvalue weighted by molar-refractivity contribution is 7.09. The van der Waals surface area contributed by atoms with Crippen LogP contribution in [0, 0.1) is 0 Å². The Balaban J connectivity index is 2.23.